The van der Waals surface area contributed by atoms with Crippen LogP contribution >= 0.6 is 11.6 Å². The summed E-state index contributed by atoms with van der Waals surface area (Å²) < 4.78 is 32.8. The monoisotopic (exact) mass is 345 g/mol. The minimum absolute atomic E-state index is 0.122. The second-order valence-corrected chi connectivity index (χ2v) is 5.82. The van der Waals surface area contributed by atoms with Crippen molar-refractivity contribution in [3.8, 4) is 0 Å². The predicted octanol–water partition coefficient (Wildman–Crippen LogP) is 3.59. The van der Waals surface area contributed by atoms with E-state index in [-0.39, 0.29) is 12.5 Å². The van der Waals surface area contributed by atoms with Crippen molar-refractivity contribution >= 4 is 23.5 Å². The molecule has 1 aromatic carbocycles. The average molecular weight is 346 g/mol. The van der Waals surface area contributed by atoms with Crippen molar-refractivity contribution in [3.05, 3.63) is 34.9 Å². The van der Waals surface area contributed by atoms with Gasteiger partial charge in [0, 0.05) is 24.4 Å². The van der Waals surface area contributed by atoms with Crippen LogP contribution in [0.5, 0.6) is 0 Å². The molecule has 0 N–H and O–H groups in total. The molecule has 23 heavy (non-hydrogen) atoms. The fraction of sp³-hybridized carbons (Fsp3) is 0.500. The molecule has 4 nitrogen and oxygen atoms in total. The van der Waals surface area contributed by atoms with Crippen LogP contribution in [0.3, 0.4) is 0 Å². The lowest BCUT2D eigenvalue weighted by Gasteiger charge is -2.30. The lowest BCUT2D eigenvalue weighted by atomic mass is 9.98. The maximum atomic E-state index is 14.2. The van der Waals surface area contributed by atoms with Gasteiger partial charge in [0.1, 0.15) is 0 Å². The SMILES string of the molecule is CCOC(=O)C(F)(F)CC(c1ccc(Cl)cc1)N1CCCC1=O. The van der Waals surface area contributed by atoms with Gasteiger partial charge in [0.25, 0.3) is 0 Å². The molecule has 1 heterocycles. The Labute approximate surface area is 138 Å². The predicted molar refractivity (Wildman–Crippen MR) is 81.3 cm³/mol. The van der Waals surface area contributed by atoms with E-state index in [2.05, 4.69) is 4.74 Å². The zero-order valence-corrected chi connectivity index (χ0v) is 13.5. The molecule has 1 atom stereocenters. The van der Waals surface area contributed by atoms with E-state index in [1.807, 2.05) is 0 Å². The van der Waals surface area contributed by atoms with Crippen LogP contribution in [0.1, 0.15) is 37.8 Å². The molecule has 0 aromatic heterocycles. The third kappa shape index (κ3) is 4.19. The van der Waals surface area contributed by atoms with Crippen molar-refractivity contribution in [2.75, 3.05) is 13.2 Å². The quantitative estimate of drug-likeness (QED) is 0.740. The van der Waals surface area contributed by atoms with Crippen molar-refractivity contribution < 1.29 is 23.1 Å². The van der Waals surface area contributed by atoms with Gasteiger partial charge in [-0.3, -0.25) is 4.79 Å². The van der Waals surface area contributed by atoms with Crippen LogP contribution in [0.15, 0.2) is 24.3 Å². The summed E-state index contributed by atoms with van der Waals surface area (Å²) in [5.41, 5.74) is 0.522. The van der Waals surface area contributed by atoms with E-state index in [1.54, 1.807) is 24.3 Å². The fourth-order valence-corrected chi connectivity index (χ4v) is 2.78. The van der Waals surface area contributed by atoms with E-state index in [9.17, 15) is 18.4 Å². The number of carbonyl (C=O) groups excluding carboxylic acids is 2. The molecule has 7 heteroatoms. The number of benzene rings is 1. The summed E-state index contributed by atoms with van der Waals surface area (Å²) in [6.07, 6.45) is 0.141. The Morgan fingerprint density at radius 1 is 1.39 bits per heavy atom. The van der Waals surface area contributed by atoms with E-state index in [4.69, 9.17) is 11.6 Å². The zero-order chi connectivity index (χ0) is 17.0. The molecule has 1 unspecified atom stereocenters. The van der Waals surface area contributed by atoms with Crippen LogP contribution in [0.2, 0.25) is 5.02 Å². The normalized spacial score (nSPS) is 16.5. The second kappa shape index (κ2) is 7.25. The Hall–Kier alpha value is -1.69. The number of amides is 1. The third-order valence-corrected chi connectivity index (χ3v) is 4.02. The van der Waals surface area contributed by atoms with Gasteiger partial charge >= 0.3 is 11.9 Å². The molecular weight excluding hydrogens is 328 g/mol. The van der Waals surface area contributed by atoms with Crippen molar-refractivity contribution in [1.29, 1.82) is 0 Å². The smallest absolute Gasteiger partial charge is 0.377 e. The molecule has 0 saturated carbocycles. The first-order chi connectivity index (χ1) is 10.8. The number of hydrogen-bond donors (Lipinski definition) is 0. The minimum atomic E-state index is -3.66. The summed E-state index contributed by atoms with van der Waals surface area (Å²) >= 11 is 5.83. The van der Waals surface area contributed by atoms with Crippen molar-refractivity contribution in [1.82, 2.24) is 4.90 Å². The third-order valence-electron chi connectivity index (χ3n) is 3.76. The van der Waals surface area contributed by atoms with Crippen LogP contribution in [0.25, 0.3) is 0 Å². The van der Waals surface area contributed by atoms with Crippen molar-refractivity contribution in [2.24, 2.45) is 0 Å². The summed E-state index contributed by atoms with van der Waals surface area (Å²) in [7, 11) is 0. The van der Waals surface area contributed by atoms with Crippen LogP contribution in [0.4, 0.5) is 8.78 Å². The van der Waals surface area contributed by atoms with Gasteiger partial charge in [0.2, 0.25) is 5.91 Å². The van der Waals surface area contributed by atoms with Gasteiger partial charge in [-0.2, -0.15) is 8.78 Å². The Morgan fingerprint density at radius 2 is 2.04 bits per heavy atom. The molecule has 126 valence electrons. The van der Waals surface area contributed by atoms with Gasteiger partial charge in [-0.05, 0) is 31.0 Å². The summed E-state index contributed by atoms with van der Waals surface area (Å²) in [5, 5.41) is 0.470. The van der Waals surface area contributed by atoms with Gasteiger partial charge in [0.15, 0.2) is 0 Å². The first-order valence-electron chi connectivity index (χ1n) is 7.45. The first-order valence-corrected chi connectivity index (χ1v) is 7.83. The maximum Gasteiger partial charge on any atom is 0.377 e. The summed E-state index contributed by atoms with van der Waals surface area (Å²) in [6.45, 7) is 1.74. The summed E-state index contributed by atoms with van der Waals surface area (Å²) in [4.78, 5) is 24.9. The van der Waals surface area contributed by atoms with Crippen molar-refractivity contribution in [2.45, 2.75) is 38.2 Å². The highest BCUT2D eigenvalue weighted by Crippen LogP contribution is 2.36. The molecule has 1 saturated heterocycles. The maximum absolute atomic E-state index is 14.2. The van der Waals surface area contributed by atoms with Crippen LogP contribution < -0.4 is 0 Å². The van der Waals surface area contributed by atoms with E-state index in [1.165, 1.54) is 11.8 Å². The van der Waals surface area contributed by atoms with E-state index >= 15 is 0 Å². The van der Waals surface area contributed by atoms with E-state index in [0.29, 0.717) is 30.0 Å². The van der Waals surface area contributed by atoms with Gasteiger partial charge in [-0.1, -0.05) is 23.7 Å². The highest BCUT2D eigenvalue weighted by atomic mass is 35.5. The molecule has 1 fully saturated rings. The molecule has 0 bridgehead atoms. The summed E-state index contributed by atoms with van der Waals surface area (Å²) in [5.74, 6) is -5.42. The number of ether oxygens (including phenoxy) is 1. The number of esters is 1. The topological polar surface area (TPSA) is 46.6 Å². The molecule has 1 aliphatic heterocycles. The lowest BCUT2D eigenvalue weighted by Crippen LogP contribution is -2.39. The molecule has 0 aliphatic carbocycles. The number of rotatable bonds is 6. The number of hydrogen-bond acceptors (Lipinski definition) is 3. The van der Waals surface area contributed by atoms with Crippen LogP contribution in [-0.2, 0) is 14.3 Å². The lowest BCUT2D eigenvalue weighted by molar-refractivity contribution is -0.175. The number of carbonyl (C=O) groups is 2. The van der Waals surface area contributed by atoms with Crippen LogP contribution in [-0.4, -0.2) is 35.9 Å². The van der Waals surface area contributed by atoms with Gasteiger partial charge < -0.3 is 9.64 Å². The Morgan fingerprint density at radius 3 is 2.57 bits per heavy atom. The zero-order valence-electron chi connectivity index (χ0n) is 12.7. The molecule has 1 aliphatic rings. The Balaban J connectivity index is 2.28. The highest BCUT2D eigenvalue weighted by Gasteiger charge is 2.45. The fourth-order valence-electron chi connectivity index (χ4n) is 2.65. The van der Waals surface area contributed by atoms with Crippen LogP contribution in [0, 0.1) is 0 Å². The van der Waals surface area contributed by atoms with Gasteiger partial charge in [0.05, 0.1) is 12.6 Å². The van der Waals surface area contributed by atoms with E-state index < -0.39 is 24.4 Å². The van der Waals surface area contributed by atoms with Crippen molar-refractivity contribution in [3.63, 3.8) is 0 Å². The number of alkyl halides is 2. The molecule has 2 rings (SSSR count). The number of likely N-dealkylation sites (tertiary alicyclic amines) is 1. The molecular formula is C16H18ClF2NO3. The molecule has 0 spiro atoms. The minimum Gasteiger partial charge on any atom is -0.462 e. The van der Waals surface area contributed by atoms with E-state index in [0.717, 1.165) is 0 Å². The van der Waals surface area contributed by atoms with Gasteiger partial charge in [-0.25, -0.2) is 4.79 Å². The first kappa shape index (κ1) is 17.7. The molecule has 0 radical (unpaired) electrons. The standard InChI is InChI=1S/C16H18ClF2NO3/c1-2-23-15(22)16(18,19)10-13(20-9-3-4-14(20)21)11-5-7-12(17)8-6-11/h5-8,13H,2-4,9-10H2,1H3. The Kier molecular flexibility index (Phi) is 5.57. The molecule has 1 amide bonds. The van der Waals surface area contributed by atoms with Gasteiger partial charge in [-0.15, -0.1) is 0 Å². The average Bonchev–Trinajstić information content (AvgIpc) is 2.92. The highest BCUT2D eigenvalue weighted by molar-refractivity contribution is 6.30. The molecule has 1 aromatic rings. The summed E-state index contributed by atoms with van der Waals surface area (Å²) in [6, 6.07) is 5.46. The second-order valence-electron chi connectivity index (χ2n) is 5.39. The Bertz CT molecular complexity index is 577. The number of halogens is 3. The number of nitrogens with zero attached hydrogens (tertiary/aromatic N) is 1. The largest absolute Gasteiger partial charge is 0.462 e.